The first-order valence-corrected chi connectivity index (χ1v) is 53.2. The average molecular weight is 2190 g/mol. The molecule has 9 N–H and O–H groups in total. The molecule has 36 heteroatoms. The predicted octanol–water partition coefficient (Wildman–Crippen LogP) is 14.1. The molecule has 33 nitrogen and oxygen atoms in total. The molecule has 12 amide bonds. The van der Waals surface area contributed by atoms with Gasteiger partial charge in [-0.05, 0) is 226 Å². The third kappa shape index (κ3) is 29.6. The van der Waals surface area contributed by atoms with E-state index in [-0.39, 0.29) is 31.5 Å². The number of urea groups is 3. The molecule has 9 saturated carbocycles. The van der Waals surface area contributed by atoms with Crippen molar-refractivity contribution < 1.29 is 189 Å². The fraction of sp³-hybridized carbons (Fsp3) is 0.865. The number of piperidine rings is 3. The molecule has 3 heterocycles. The van der Waals surface area contributed by atoms with E-state index in [0.717, 1.165) is 35.5 Å². The maximum absolute atomic E-state index is 15.0. The molecule has 12 aliphatic rings. The Morgan fingerprint density at radius 2 is 0.667 bits per heavy atom. The van der Waals surface area contributed by atoms with Gasteiger partial charge in [-0.15, -0.1) is 0 Å². The summed E-state index contributed by atoms with van der Waals surface area (Å²) in [6.45, 7) is -9.40. The van der Waals surface area contributed by atoms with Crippen LogP contribution in [0.4, 0.5) is 14.4 Å². The van der Waals surface area contributed by atoms with Crippen molar-refractivity contribution in [2.45, 2.75) is 482 Å². The Labute approximate surface area is 972 Å². The molecular formula is C111H186N12O21S3. The summed E-state index contributed by atoms with van der Waals surface area (Å²) in [5.74, 6) is -34.6. The zero-order chi connectivity index (χ0) is 169. The van der Waals surface area contributed by atoms with Crippen LogP contribution in [0.15, 0.2) is 0 Å². The number of amides is 12. The standard InChI is InChI=1S/3C37H62N4O7S/c3*1-10-11-15-23(29(43)31(44)38-24-16-17-24)20-26(42)28-27-25(36(27,8)9)21-41(28)32(45)30(34(2,3)4)39-33(46)40-37(18-13-12-14-19-37)22-49(47,48)35(5,6)7/h3*23-25,27-28,30H,10-22H2,1-9H3,(H,38,44)(H2,39,40,46)/t2*23-,25+,27+,28-,30-;23-,25-,27-,28+,30+/m110/s1/i1D3,5D3,6D3,7D3,10D2,11D2,12D2,13D2,14D2,15D2,18D2,19D2;5D3,6D3,7D3,12D2,13D2,14D2,18D2,19D2;1D3,10D2,11D2,12D2,13D2,14D2,15D2,18D2,19D2,23D. The minimum Gasteiger partial charge on any atom is -0.347 e. The van der Waals surface area contributed by atoms with Gasteiger partial charge in [0.15, 0.2) is 46.9 Å². The molecule has 147 heavy (non-hydrogen) atoms. The number of fused-ring (bicyclic) bond motifs is 3. The van der Waals surface area contributed by atoms with E-state index < -0.39 is 508 Å². The third-order valence-electron chi connectivity index (χ3n) is 28.8. The molecule has 15 atom stereocenters. The molecule has 0 radical (unpaired) electrons. The van der Waals surface area contributed by atoms with Crippen molar-refractivity contribution in [2.75, 3.05) is 36.9 Å². The van der Waals surface area contributed by atoms with E-state index in [2.05, 4.69) is 26.6 Å². The van der Waals surface area contributed by atoms with Crippen molar-refractivity contribution in [2.24, 2.45) is 85.7 Å². The fourth-order valence-electron chi connectivity index (χ4n) is 19.3. The van der Waals surface area contributed by atoms with Crippen LogP contribution in [0.3, 0.4) is 0 Å². The Morgan fingerprint density at radius 1 is 0.388 bits per heavy atom. The van der Waals surface area contributed by atoms with E-state index in [9.17, 15) is 93.7 Å². The SMILES string of the molecule is [2H]C([2H])([2H])C(C([2H])([2H])[2H])(C([2H])([2H])[2H])S(=O)(=O)CC1(NC(=O)N[C@H](C(=O)N2C[C@H]3[C@@H]([C@H]2C(=O)C[C@@H](CCCC)C(=O)C(=O)NC2CC2)C3(C)C)C(C)(C)C)C([2H])([2H])C([2H])([2H])C([2H])([2H])C([2H])([2H])C1([2H])[2H].[2H]C([2H])([2H])C([2H])([2H])C([2H])([2H])C([2H])([2H])[C@@]([2H])(CC(=O)[C@@H]1[C@@H]2[C@H](CN1C(=O)[C@@H](NC(=O)NC1(CS(=O)(=O)C(C)(C)C)C([2H])([2H])C([2H])([2H])C([2H])([2H])C([2H])([2H])C1([2H])[2H])C(C)(C)C)C2(C)C)C(=O)C(=O)NC1CC1.[2H]C([2H])([2H])C([2H])([2H])C([2H])([2H])C([2H])([2H])[C@H](CC(=O)[C@@H]1[C@@H]2[C@H](CN1C(=O)[C@@H](NC(=O)NC1(CS(=O)(=O)C(C([2H])([2H])[2H])(C([2H])([2H])[2H])C([2H])([2H])[2H])C([2H])([2H])C([2H])([2H])C([2H])([2H])C([2H])([2H])C1([2H])[2H])C(C)(C)C)C2(C)C)C(=O)C(=O)NC1CC1. The van der Waals surface area contributed by atoms with E-state index in [1.165, 1.54) is 67.6 Å². The van der Waals surface area contributed by atoms with Gasteiger partial charge >= 0.3 is 18.1 Å². The van der Waals surface area contributed by atoms with E-state index >= 15 is 4.79 Å². The number of hydrogen-bond donors (Lipinski definition) is 9. The summed E-state index contributed by atoms with van der Waals surface area (Å²) in [6, 6.07) is -18.2. The molecule has 12 fully saturated rings. The quantitative estimate of drug-likeness (QED) is 0.0256. The van der Waals surface area contributed by atoms with E-state index in [4.69, 9.17) is 90.5 Å². The van der Waals surface area contributed by atoms with Crippen molar-refractivity contribution in [3.8, 4) is 0 Å². The van der Waals surface area contributed by atoms with Crippen molar-refractivity contribution in [3.63, 3.8) is 0 Å². The van der Waals surface area contributed by atoms with Crippen molar-refractivity contribution >= 4 is 118 Å². The van der Waals surface area contributed by atoms with Crippen LogP contribution in [0.1, 0.15) is 489 Å². The van der Waals surface area contributed by atoms with Crippen molar-refractivity contribution in [1.82, 2.24) is 62.6 Å². The normalized spacial score (nSPS) is 39.2. The number of Topliss-reactive ketones (excluding diaryl/α,β-unsaturated/α-hetero) is 6. The first-order valence-electron chi connectivity index (χ1n) is 81.7. The lowest BCUT2D eigenvalue weighted by Gasteiger charge is -2.41. The highest BCUT2D eigenvalue weighted by Gasteiger charge is 2.73. The number of sulfone groups is 3. The van der Waals surface area contributed by atoms with Gasteiger partial charge in [0.05, 0.1) is 66.2 Å². The van der Waals surface area contributed by atoms with Crippen LogP contribution in [-0.2, 0) is 87.0 Å². The second kappa shape index (κ2) is 46.0. The number of ketones is 6. The lowest BCUT2D eigenvalue weighted by molar-refractivity contribution is -0.145. The van der Waals surface area contributed by atoms with Gasteiger partial charge in [-0.1, -0.05) is 220 Å². The molecule has 0 aromatic rings. The Bertz CT molecular complexity index is 8250. The summed E-state index contributed by atoms with van der Waals surface area (Å²) in [5, 5.41) is 18.2. The molecule has 0 unspecified atom stereocenters. The Hall–Kier alpha value is -7.50. The lowest BCUT2D eigenvalue weighted by Crippen LogP contribution is -2.63. The Kier molecular flexibility index (Phi) is 18.0. The van der Waals surface area contributed by atoms with E-state index in [1.807, 2.05) is 31.4 Å². The van der Waals surface area contributed by atoms with E-state index in [1.54, 1.807) is 33.0 Å². The molecule has 0 aromatic heterocycles. The number of unbranched alkanes of at least 4 members (excludes halogenated alkanes) is 1. The third-order valence-corrected chi connectivity index (χ3v) is 34.9. The second-order valence-corrected chi connectivity index (χ2v) is 52.6. The van der Waals surface area contributed by atoms with Gasteiger partial charge in [-0.2, -0.15) is 0 Å². The Balaban J connectivity index is 0.000000318. The lowest BCUT2D eigenvalue weighted by atomic mass is 9.83. The van der Waals surface area contributed by atoms with Crippen LogP contribution in [0.5, 0.6) is 0 Å². The number of carbonyl (C=O) groups excluding carboxylic acids is 15. The molecule has 3 saturated heterocycles. The Morgan fingerprint density at radius 3 is 0.946 bits per heavy atom. The number of nitrogens with zero attached hydrogens (tertiary/aromatic N) is 3. The van der Waals surface area contributed by atoms with Crippen LogP contribution in [0.2, 0.25) is 0 Å². The summed E-state index contributed by atoms with van der Waals surface area (Å²) in [6.07, 6.45) is -90.3. The largest absolute Gasteiger partial charge is 0.347 e. The maximum Gasteiger partial charge on any atom is 0.315 e. The van der Waals surface area contributed by atoms with Crippen molar-refractivity contribution in [3.05, 3.63) is 0 Å². The van der Waals surface area contributed by atoms with Gasteiger partial charge in [0.2, 0.25) is 35.1 Å². The number of carbonyl (C=O) groups is 15. The molecular weight excluding hydrogens is 1930 g/mol. The molecule has 0 bridgehead atoms. The highest BCUT2D eigenvalue weighted by Crippen LogP contribution is 2.68. The van der Waals surface area contributed by atoms with Gasteiger partial charge in [0.25, 0.3) is 17.7 Å². The summed E-state index contributed by atoms with van der Waals surface area (Å²) in [5.41, 5.74) is -19.8. The van der Waals surface area contributed by atoms with Gasteiger partial charge in [0, 0.05) is 167 Å². The number of likely N-dealkylation sites (tertiary alicyclic amines) is 3. The number of nitrogens with one attached hydrogen (secondary N) is 9. The monoisotopic (exact) mass is 2190 g/mol. The number of rotatable bonds is 42. The molecule has 0 spiro atoms. The van der Waals surface area contributed by atoms with E-state index in [0.29, 0.717) is 51.4 Å². The molecule has 3 aliphatic heterocycles. The average Bonchev–Trinajstić information content (AvgIpc) is 0.785. The molecule has 12 rings (SSSR count). The first kappa shape index (κ1) is 57.6. The van der Waals surface area contributed by atoms with Crippen LogP contribution < -0.4 is 47.9 Å². The topological polar surface area (TPSA) is 476 Å². The van der Waals surface area contributed by atoms with Gasteiger partial charge in [0.1, 0.15) is 18.1 Å². The summed E-state index contributed by atoms with van der Waals surface area (Å²) in [4.78, 5) is 216. The fourth-order valence-corrected chi connectivity index (χ4v) is 22.5. The maximum atomic E-state index is 15.0. The highest BCUT2D eigenvalue weighted by atomic mass is 32.2. The van der Waals surface area contributed by atoms with Gasteiger partial charge < -0.3 is 62.6 Å². The van der Waals surface area contributed by atoms with Gasteiger partial charge in [-0.25, -0.2) is 39.6 Å². The zero-order valence-corrected chi connectivity index (χ0v) is 88.1. The molecule has 834 valence electrons. The first-order chi connectivity index (χ1) is 93.7. The molecule has 9 aliphatic carbocycles. The second-order valence-electron chi connectivity index (χ2n) is 45.6. The zero-order valence-electron chi connectivity index (χ0n) is 153. The van der Waals surface area contributed by atoms with Crippen LogP contribution in [-0.4, -0.2) is 250 Å². The van der Waals surface area contributed by atoms with Crippen molar-refractivity contribution in [1.29, 1.82) is 0 Å². The summed E-state index contributed by atoms with van der Waals surface area (Å²) < 4.78 is 636. The predicted molar refractivity (Wildman–Crippen MR) is 568 cm³/mol. The van der Waals surface area contributed by atoms with Crippen LogP contribution >= 0.6 is 0 Å². The van der Waals surface area contributed by atoms with Crippen LogP contribution in [0, 0.1) is 85.7 Å². The van der Waals surface area contributed by atoms with Crippen LogP contribution in [0.25, 0.3) is 0 Å². The summed E-state index contributed by atoms with van der Waals surface area (Å²) in [7, 11) is -18.7. The smallest absolute Gasteiger partial charge is 0.315 e. The summed E-state index contributed by atoms with van der Waals surface area (Å²) >= 11 is 0. The molecule has 0 aromatic carbocycles. The van der Waals surface area contributed by atoms with Gasteiger partial charge in [-0.3, -0.25) is 57.5 Å². The minimum atomic E-state index is -6.94. The minimum absolute atomic E-state index is 0.0945. The number of hydrogen-bond acceptors (Lipinski definition) is 21. The highest BCUT2D eigenvalue weighted by molar-refractivity contribution is 7.93.